The third-order valence-corrected chi connectivity index (χ3v) is 3.61. The zero-order valence-electron chi connectivity index (χ0n) is 13.0. The summed E-state index contributed by atoms with van der Waals surface area (Å²) in [5.41, 5.74) is 8.54. The van der Waals surface area contributed by atoms with Gasteiger partial charge in [0.05, 0.1) is 18.5 Å². The van der Waals surface area contributed by atoms with Crippen LogP contribution < -0.4 is 10.5 Å². The molecule has 0 saturated carbocycles. The van der Waals surface area contributed by atoms with E-state index in [1.54, 1.807) is 24.3 Å². The molecule has 1 heterocycles. The number of ether oxygens (including phenoxy) is 1. The molecular formula is C18H15F2N3O. The average Bonchev–Trinajstić information content (AvgIpc) is 2.58. The second kappa shape index (κ2) is 6.62. The van der Waals surface area contributed by atoms with E-state index in [0.29, 0.717) is 23.4 Å². The highest BCUT2D eigenvalue weighted by atomic mass is 19.1. The van der Waals surface area contributed by atoms with Crippen molar-refractivity contribution in [3.8, 4) is 17.0 Å². The molecule has 0 fully saturated rings. The molecular weight excluding hydrogens is 312 g/mol. The van der Waals surface area contributed by atoms with Gasteiger partial charge in [-0.2, -0.15) is 0 Å². The number of nitrogens with two attached hydrogens (primary N) is 1. The highest BCUT2D eigenvalue weighted by molar-refractivity contribution is 5.67. The number of nitrogen functional groups attached to an aromatic ring is 1. The topological polar surface area (TPSA) is 61.0 Å². The number of hydrogen-bond acceptors (Lipinski definition) is 4. The van der Waals surface area contributed by atoms with Gasteiger partial charge in [0.2, 0.25) is 0 Å². The lowest BCUT2D eigenvalue weighted by atomic mass is 10.1. The van der Waals surface area contributed by atoms with Crippen molar-refractivity contribution in [2.45, 2.75) is 6.42 Å². The van der Waals surface area contributed by atoms with Crippen LogP contribution in [0.3, 0.4) is 0 Å². The van der Waals surface area contributed by atoms with Gasteiger partial charge in [-0.15, -0.1) is 0 Å². The minimum atomic E-state index is -0.446. The Hall–Kier alpha value is -3.02. The second-order valence-corrected chi connectivity index (χ2v) is 5.27. The lowest BCUT2D eigenvalue weighted by Gasteiger charge is -2.09. The van der Waals surface area contributed by atoms with Gasteiger partial charge in [0.1, 0.15) is 23.7 Å². The van der Waals surface area contributed by atoms with Crippen molar-refractivity contribution in [2.24, 2.45) is 0 Å². The highest BCUT2D eigenvalue weighted by Gasteiger charge is 2.10. The average molecular weight is 327 g/mol. The van der Waals surface area contributed by atoms with Crippen molar-refractivity contribution in [3.63, 3.8) is 0 Å². The molecule has 0 aliphatic heterocycles. The Balaban J connectivity index is 1.93. The fourth-order valence-electron chi connectivity index (χ4n) is 2.43. The quantitative estimate of drug-likeness (QED) is 0.744. The molecule has 0 radical (unpaired) electrons. The minimum absolute atomic E-state index is 0.0991. The first-order valence-corrected chi connectivity index (χ1v) is 7.25. The normalized spacial score (nSPS) is 10.6. The van der Waals surface area contributed by atoms with Crippen LogP contribution in [-0.4, -0.2) is 17.1 Å². The van der Waals surface area contributed by atoms with Gasteiger partial charge in [0, 0.05) is 23.7 Å². The minimum Gasteiger partial charge on any atom is -0.496 e. The van der Waals surface area contributed by atoms with Gasteiger partial charge in [-0.05, 0) is 35.9 Å². The summed E-state index contributed by atoms with van der Waals surface area (Å²) in [4.78, 5) is 8.45. The number of hydrogen-bond donors (Lipinski definition) is 1. The van der Waals surface area contributed by atoms with Gasteiger partial charge < -0.3 is 10.5 Å². The van der Waals surface area contributed by atoms with Crippen LogP contribution in [0, 0.1) is 11.6 Å². The van der Waals surface area contributed by atoms with Gasteiger partial charge in [-0.25, -0.2) is 18.7 Å². The molecule has 122 valence electrons. The van der Waals surface area contributed by atoms with E-state index in [1.165, 1.54) is 31.6 Å². The molecule has 24 heavy (non-hydrogen) atoms. The smallest absolute Gasteiger partial charge is 0.146 e. The SMILES string of the molecule is COc1cc(F)ccc1-c1cc(Cc2ccc(F)c(N)c2)ncn1. The Morgan fingerprint density at radius 2 is 1.88 bits per heavy atom. The van der Waals surface area contributed by atoms with Crippen LogP contribution >= 0.6 is 0 Å². The summed E-state index contributed by atoms with van der Waals surface area (Å²) in [6.45, 7) is 0. The Morgan fingerprint density at radius 1 is 1.04 bits per heavy atom. The Morgan fingerprint density at radius 3 is 2.62 bits per heavy atom. The molecule has 0 saturated heterocycles. The molecule has 0 spiro atoms. The number of halogens is 2. The molecule has 2 aromatic carbocycles. The van der Waals surface area contributed by atoms with Gasteiger partial charge in [0.15, 0.2) is 0 Å². The van der Waals surface area contributed by atoms with E-state index < -0.39 is 5.82 Å². The molecule has 3 rings (SSSR count). The predicted molar refractivity (Wildman–Crippen MR) is 87.6 cm³/mol. The van der Waals surface area contributed by atoms with Gasteiger partial charge in [0.25, 0.3) is 0 Å². The van der Waals surface area contributed by atoms with Crippen molar-refractivity contribution in [1.29, 1.82) is 0 Å². The first-order chi connectivity index (χ1) is 11.6. The van der Waals surface area contributed by atoms with Gasteiger partial charge in [-0.3, -0.25) is 0 Å². The van der Waals surface area contributed by atoms with E-state index >= 15 is 0 Å². The highest BCUT2D eigenvalue weighted by Crippen LogP contribution is 2.29. The fourth-order valence-corrected chi connectivity index (χ4v) is 2.43. The summed E-state index contributed by atoms with van der Waals surface area (Å²) in [6, 6.07) is 10.6. The number of rotatable bonds is 4. The van der Waals surface area contributed by atoms with E-state index in [-0.39, 0.29) is 11.5 Å². The number of methoxy groups -OCH3 is 1. The van der Waals surface area contributed by atoms with Crippen LogP contribution in [0.5, 0.6) is 5.75 Å². The molecule has 0 aliphatic rings. The van der Waals surface area contributed by atoms with E-state index in [1.807, 2.05) is 0 Å². The van der Waals surface area contributed by atoms with E-state index in [0.717, 1.165) is 11.3 Å². The first kappa shape index (κ1) is 15.9. The molecule has 0 amide bonds. The maximum atomic E-state index is 13.3. The van der Waals surface area contributed by atoms with Crippen LogP contribution in [0.1, 0.15) is 11.3 Å². The maximum absolute atomic E-state index is 13.3. The van der Waals surface area contributed by atoms with Crippen molar-refractivity contribution in [2.75, 3.05) is 12.8 Å². The molecule has 6 heteroatoms. The van der Waals surface area contributed by atoms with Crippen molar-refractivity contribution in [3.05, 3.63) is 71.7 Å². The monoisotopic (exact) mass is 327 g/mol. The van der Waals surface area contributed by atoms with Crippen LogP contribution in [0.4, 0.5) is 14.5 Å². The number of benzene rings is 2. The Kier molecular flexibility index (Phi) is 4.37. The van der Waals surface area contributed by atoms with Gasteiger partial charge in [-0.1, -0.05) is 6.07 Å². The lowest BCUT2D eigenvalue weighted by molar-refractivity contribution is 0.413. The van der Waals surface area contributed by atoms with Crippen LogP contribution in [-0.2, 0) is 6.42 Å². The Labute approximate surface area is 137 Å². The standard InChI is InChI=1S/C18H15F2N3O/c1-24-18-8-12(19)3-4-14(18)17-9-13(22-10-23-17)6-11-2-5-15(20)16(21)7-11/h2-5,7-10H,6,21H2,1H3. The number of anilines is 1. The summed E-state index contributed by atoms with van der Waals surface area (Å²) in [5, 5.41) is 0. The number of nitrogens with zero attached hydrogens (tertiary/aromatic N) is 2. The van der Waals surface area contributed by atoms with Gasteiger partial charge >= 0.3 is 0 Å². The zero-order chi connectivity index (χ0) is 17.1. The van der Waals surface area contributed by atoms with Crippen LogP contribution in [0.2, 0.25) is 0 Å². The zero-order valence-corrected chi connectivity index (χ0v) is 13.0. The second-order valence-electron chi connectivity index (χ2n) is 5.27. The Bertz CT molecular complexity index is 884. The summed E-state index contributed by atoms with van der Waals surface area (Å²) < 4.78 is 31.8. The molecule has 2 N–H and O–H groups in total. The molecule has 0 atom stereocenters. The molecule has 0 aliphatic carbocycles. The summed E-state index contributed by atoms with van der Waals surface area (Å²) in [6.07, 6.45) is 1.91. The molecule has 3 aromatic rings. The fraction of sp³-hybridized carbons (Fsp3) is 0.111. The van der Waals surface area contributed by atoms with Crippen molar-refractivity contribution in [1.82, 2.24) is 9.97 Å². The van der Waals surface area contributed by atoms with E-state index in [4.69, 9.17) is 10.5 Å². The van der Waals surface area contributed by atoms with Crippen LogP contribution in [0.15, 0.2) is 48.8 Å². The summed E-state index contributed by atoms with van der Waals surface area (Å²) in [5.74, 6) is -0.435. The molecule has 0 unspecified atom stereocenters. The molecule has 4 nitrogen and oxygen atoms in total. The largest absolute Gasteiger partial charge is 0.496 e. The maximum Gasteiger partial charge on any atom is 0.146 e. The first-order valence-electron chi connectivity index (χ1n) is 7.25. The lowest BCUT2D eigenvalue weighted by Crippen LogP contribution is -1.98. The number of aromatic nitrogens is 2. The van der Waals surface area contributed by atoms with E-state index in [2.05, 4.69) is 9.97 Å². The van der Waals surface area contributed by atoms with E-state index in [9.17, 15) is 8.78 Å². The predicted octanol–water partition coefficient (Wildman–Crippen LogP) is 3.60. The summed E-state index contributed by atoms with van der Waals surface area (Å²) in [7, 11) is 1.47. The van der Waals surface area contributed by atoms with Crippen molar-refractivity contribution < 1.29 is 13.5 Å². The third kappa shape index (κ3) is 3.32. The van der Waals surface area contributed by atoms with Crippen LogP contribution in [0.25, 0.3) is 11.3 Å². The third-order valence-electron chi connectivity index (χ3n) is 3.61. The summed E-state index contributed by atoms with van der Waals surface area (Å²) >= 11 is 0. The molecule has 1 aromatic heterocycles. The molecule has 0 bridgehead atoms. The van der Waals surface area contributed by atoms with Crippen molar-refractivity contribution >= 4 is 5.69 Å².